The molecule has 2 rings (SSSR count). The summed E-state index contributed by atoms with van der Waals surface area (Å²) in [5, 5.41) is 11.8. The van der Waals surface area contributed by atoms with Crippen molar-refractivity contribution in [2.75, 3.05) is 5.32 Å². The number of benzene rings is 1. The van der Waals surface area contributed by atoms with Crippen molar-refractivity contribution < 1.29 is 4.79 Å². The third-order valence-corrected chi connectivity index (χ3v) is 2.79. The van der Waals surface area contributed by atoms with E-state index >= 15 is 0 Å². The number of nitrogens with zero attached hydrogens (tertiary/aromatic N) is 2. The number of halogens is 1. The summed E-state index contributed by atoms with van der Waals surface area (Å²) in [6.45, 7) is 1.81. The third-order valence-electron chi connectivity index (χ3n) is 2.46. The van der Waals surface area contributed by atoms with Crippen LogP contribution in [-0.2, 0) is 0 Å². The molecule has 5 heteroatoms. The Balaban J connectivity index is 2.27. The topological polar surface area (TPSA) is 65.8 Å². The predicted molar refractivity (Wildman–Crippen MR) is 73.1 cm³/mol. The van der Waals surface area contributed by atoms with Gasteiger partial charge in [-0.05, 0) is 37.3 Å². The lowest BCUT2D eigenvalue weighted by molar-refractivity contribution is 0.102. The molecule has 19 heavy (non-hydrogen) atoms. The Morgan fingerprint density at radius 2 is 2.16 bits per heavy atom. The summed E-state index contributed by atoms with van der Waals surface area (Å²) in [6, 6.07) is 11.8. The molecular weight excluding hydrogens is 262 g/mol. The molecule has 2 aromatic rings. The van der Waals surface area contributed by atoms with E-state index < -0.39 is 0 Å². The second-order valence-corrected chi connectivity index (χ2v) is 4.33. The highest BCUT2D eigenvalue weighted by Gasteiger charge is 2.10. The molecule has 0 radical (unpaired) electrons. The van der Waals surface area contributed by atoms with Crippen molar-refractivity contribution in [3.8, 4) is 6.07 Å². The second-order valence-electron chi connectivity index (χ2n) is 3.92. The summed E-state index contributed by atoms with van der Waals surface area (Å²) in [7, 11) is 0. The summed E-state index contributed by atoms with van der Waals surface area (Å²) in [5.74, 6) is -0.360. The van der Waals surface area contributed by atoms with Gasteiger partial charge in [0.15, 0.2) is 0 Å². The van der Waals surface area contributed by atoms with Crippen molar-refractivity contribution in [3.05, 3.63) is 58.4 Å². The summed E-state index contributed by atoms with van der Waals surface area (Å²) < 4.78 is 0. The van der Waals surface area contributed by atoms with Crippen LogP contribution in [0.25, 0.3) is 0 Å². The molecule has 0 unspecified atom stereocenters. The van der Waals surface area contributed by atoms with Crippen molar-refractivity contribution in [1.29, 1.82) is 5.26 Å². The summed E-state index contributed by atoms with van der Waals surface area (Å²) >= 11 is 5.97. The molecule has 0 spiro atoms. The number of hydrogen-bond acceptors (Lipinski definition) is 3. The van der Waals surface area contributed by atoms with Crippen LogP contribution in [-0.4, -0.2) is 10.9 Å². The van der Waals surface area contributed by atoms with E-state index in [9.17, 15) is 4.79 Å². The number of hydrogen-bond donors (Lipinski definition) is 1. The first-order chi connectivity index (χ1) is 9.10. The molecule has 0 saturated carbocycles. The number of nitrogens with one attached hydrogen (secondary N) is 1. The molecule has 0 aliphatic heterocycles. The minimum Gasteiger partial charge on any atom is -0.319 e. The molecular formula is C14H10ClN3O. The largest absolute Gasteiger partial charge is 0.319 e. The monoisotopic (exact) mass is 271 g/mol. The van der Waals surface area contributed by atoms with Crippen LogP contribution in [0.5, 0.6) is 0 Å². The summed E-state index contributed by atoms with van der Waals surface area (Å²) in [5.41, 5.74) is 1.88. The van der Waals surface area contributed by atoms with Gasteiger partial charge in [0.25, 0.3) is 5.91 Å². The average Bonchev–Trinajstić information content (AvgIpc) is 2.41. The van der Waals surface area contributed by atoms with Gasteiger partial charge in [-0.3, -0.25) is 4.79 Å². The molecule has 0 aliphatic carbocycles. The van der Waals surface area contributed by atoms with Crippen LogP contribution in [0.1, 0.15) is 21.7 Å². The summed E-state index contributed by atoms with van der Waals surface area (Å²) in [4.78, 5) is 16.1. The van der Waals surface area contributed by atoms with Crippen LogP contribution < -0.4 is 5.32 Å². The lowest BCUT2D eigenvalue weighted by Gasteiger charge is -2.07. The van der Waals surface area contributed by atoms with E-state index in [0.717, 1.165) is 5.69 Å². The van der Waals surface area contributed by atoms with E-state index in [1.54, 1.807) is 37.3 Å². The van der Waals surface area contributed by atoms with Gasteiger partial charge in [-0.25, -0.2) is 4.98 Å². The minimum absolute atomic E-state index is 0.304. The van der Waals surface area contributed by atoms with Gasteiger partial charge < -0.3 is 5.32 Å². The molecule has 4 nitrogen and oxygen atoms in total. The average molecular weight is 272 g/mol. The maximum Gasteiger partial charge on any atom is 0.274 e. The normalized spacial score (nSPS) is 9.74. The van der Waals surface area contributed by atoms with Crippen molar-refractivity contribution in [1.82, 2.24) is 4.98 Å². The molecule has 0 aliphatic rings. The third kappa shape index (κ3) is 3.09. The number of carbonyl (C=O) groups excluding carboxylic acids is 1. The SMILES string of the molecule is Cc1cccc(C(=O)Nc2cc(C#N)ccc2Cl)n1. The molecule has 1 aromatic carbocycles. The van der Waals surface area contributed by atoms with E-state index in [2.05, 4.69) is 10.3 Å². The number of aryl methyl sites for hydroxylation is 1. The zero-order chi connectivity index (χ0) is 13.8. The lowest BCUT2D eigenvalue weighted by Crippen LogP contribution is -2.14. The van der Waals surface area contributed by atoms with Gasteiger partial charge in [0, 0.05) is 5.69 Å². The van der Waals surface area contributed by atoms with Gasteiger partial charge >= 0.3 is 0 Å². The number of rotatable bonds is 2. The Labute approximate surface area is 115 Å². The lowest BCUT2D eigenvalue weighted by atomic mass is 10.2. The quantitative estimate of drug-likeness (QED) is 0.912. The number of pyridine rings is 1. The first-order valence-corrected chi connectivity index (χ1v) is 5.92. The Morgan fingerprint density at radius 3 is 2.84 bits per heavy atom. The fourth-order valence-corrected chi connectivity index (χ4v) is 1.71. The zero-order valence-corrected chi connectivity index (χ0v) is 10.9. The molecule has 94 valence electrons. The van der Waals surface area contributed by atoms with E-state index in [0.29, 0.717) is 22.0 Å². The maximum absolute atomic E-state index is 12.0. The highest BCUT2D eigenvalue weighted by Crippen LogP contribution is 2.23. The first kappa shape index (κ1) is 13.1. The van der Waals surface area contributed by atoms with Crippen LogP contribution in [0.4, 0.5) is 5.69 Å². The van der Waals surface area contributed by atoms with Crippen LogP contribution in [0.2, 0.25) is 5.02 Å². The van der Waals surface area contributed by atoms with Gasteiger partial charge in [0.2, 0.25) is 0 Å². The van der Waals surface area contributed by atoms with Crippen LogP contribution in [0.15, 0.2) is 36.4 Å². The Bertz CT molecular complexity index is 677. The van der Waals surface area contributed by atoms with Gasteiger partial charge in [0.05, 0.1) is 22.3 Å². The van der Waals surface area contributed by atoms with Gasteiger partial charge in [0.1, 0.15) is 5.69 Å². The minimum atomic E-state index is -0.360. The molecule has 0 bridgehead atoms. The van der Waals surface area contributed by atoms with Crippen molar-refractivity contribution in [2.24, 2.45) is 0 Å². The van der Waals surface area contributed by atoms with Crippen LogP contribution in [0, 0.1) is 18.3 Å². The van der Waals surface area contributed by atoms with Crippen molar-refractivity contribution in [2.45, 2.75) is 6.92 Å². The van der Waals surface area contributed by atoms with Gasteiger partial charge in [-0.1, -0.05) is 17.7 Å². The number of carbonyl (C=O) groups is 1. The molecule has 0 atom stereocenters. The van der Waals surface area contributed by atoms with Crippen molar-refractivity contribution in [3.63, 3.8) is 0 Å². The standard InChI is InChI=1S/C14H10ClN3O/c1-9-3-2-4-12(17-9)14(19)18-13-7-10(8-16)5-6-11(13)15/h2-7H,1H3,(H,18,19). The molecule has 1 amide bonds. The molecule has 1 aromatic heterocycles. The molecule has 1 heterocycles. The van der Waals surface area contributed by atoms with E-state index in [1.165, 1.54) is 6.07 Å². The van der Waals surface area contributed by atoms with E-state index in [4.69, 9.17) is 16.9 Å². The molecule has 0 saturated heterocycles. The Morgan fingerprint density at radius 1 is 1.37 bits per heavy atom. The number of amides is 1. The molecule has 0 fully saturated rings. The van der Waals surface area contributed by atoms with Gasteiger partial charge in [-0.15, -0.1) is 0 Å². The smallest absolute Gasteiger partial charge is 0.274 e. The van der Waals surface area contributed by atoms with E-state index in [1.807, 2.05) is 6.07 Å². The second kappa shape index (κ2) is 5.51. The fraction of sp³-hybridized carbons (Fsp3) is 0.0714. The Hall–Kier alpha value is -2.38. The van der Waals surface area contributed by atoms with Crippen LogP contribution in [0.3, 0.4) is 0 Å². The highest BCUT2D eigenvalue weighted by atomic mass is 35.5. The number of nitriles is 1. The maximum atomic E-state index is 12.0. The Kier molecular flexibility index (Phi) is 3.79. The van der Waals surface area contributed by atoms with Gasteiger partial charge in [-0.2, -0.15) is 5.26 Å². The summed E-state index contributed by atoms with van der Waals surface area (Å²) in [6.07, 6.45) is 0. The molecule has 1 N–H and O–H groups in total. The number of aromatic nitrogens is 1. The zero-order valence-electron chi connectivity index (χ0n) is 10.1. The first-order valence-electron chi connectivity index (χ1n) is 5.55. The van der Waals surface area contributed by atoms with E-state index in [-0.39, 0.29) is 5.91 Å². The fourth-order valence-electron chi connectivity index (χ4n) is 1.55. The number of anilines is 1. The van der Waals surface area contributed by atoms with Crippen LogP contribution >= 0.6 is 11.6 Å². The van der Waals surface area contributed by atoms with Crippen molar-refractivity contribution >= 4 is 23.2 Å². The predicted octanol–water partition coefficient (Wildman–Crippen LogP) is 3.17. The highest BCUT2D eigenvalue weighted by molar-refractivity contribution is 6.33.